The number of carbonyl (C=O) groups is 2. The van der Waals surface area contributed by atoms with Crippen molar-refractivity contribution in [3.05, 3.63) is 28.8 Å². The number of hydrogen-bond acceptors (Lipinski definition) is 4. The molecule has 0 aliphatic heterocycles. The van der Waals surface area contributed by atoms with Crippen molar-refractivity contribution in [3.8, 4) is 0 Å². The zero-order chi connectivity index (χ0) is 14.6. The molecule has 2 amide bonds. The number of hydrogen-bond donors (Lipinski definition) is 3. The van der Waals surface area contributed by atoms with Crippen molar-refractivity contribution in [1.29, 1.82) is 0 Å². The SMILES string of the molecule is NC(=O)CN(CC(N)=O)c1cc(Cl)ccc1C(N)=S. The van der Waals surface area contributed by atoms with Crippen molar-refractivity contribution in [1.82, 2.24) is 0 Å². The fraction of sp³-hybridized carbons (Fsp3) is 0.182. The number of amides is 2. The van der Waals surface area contributed by atoms with Gasteiger partial charge >= 0.3 is 0 Å². The van der Waals surface area contributed by atoms with Gasteiger partial charge in [-0.3, -0.25) is 9.59 Å². The first-order valence-electron chi connectivity index (χ1n) is 5.22. The minimum Gasteiger partial charge on any atom is -0.389 e. The molecule has 0 aliphatic carbocycles. The van der Waals surface area contributed by atoms with Gasteiger partial charge in [0, 0.05) is 16.3 Å². The summed E-state index contributed by atoms with van der Waals surface area (Å²) in [6.07, 6.45) is 0. The molecule has 0 saturated heterocycles. The maximum atomic E-state index is 11.1. The number of nitrogens with two attached hydrogens (primary N) is 3. The molecule has 8 heteroatoms. The first kappa shape index (κ1) is 15.2. The van der Waals surface area contributed by atoms with Crippen molar-refractivity contribution in [2.45, 2.75) is 0 Å². The van der Waals surface area contributed by atoms with Crippen molar-refractivity contribution < 1.29 is 9.59 Å². The average Bonchev–Trinajstić information content (AvgIpc) is 2.26. The molecule has 102 valence electrons. The van der Waals surface area contributed by atoms with E-state index in [4.69, 9.17) is 41.0 Å². The zero-order valence-corrected chi connectivity index (χ0v) is 11.5. The second kappa shape index (κ2) is 6.35. The van der Waals surface area contributed by atoms with E-state index in [2.05, 4.69) is 0 Å². The highest BCUT2D eigenvalue weighted by Crippen LogP contribution is 2.24. The molecule has 0 spiro atoms. The van der Waals surface area contributed by atoms with Crippen LogP contribution in [0.15, 0.2) is 18.2 Å². The predicted octanol–water partition coefficient (Wildman–Crippen LogP) is -0.249. The van der Waals surface area contributed by atoms with E-state index in [1.54, 1.807) is 18.2 Å². The molecule has 0 aliphatic rings. The van der Waals surface area contributed by atoms with Crippen LogP contribution >= 0.6 is 23.8 Å². The highest BCUT2D eigenvalue weighted by atomic mass is 35.5. The van der Waals surface area contributed by atoms with Crippen molar-refractivity contribution in [2.75, 3.05) is 18.0 Å². The van der Waals surface area contributed by atoms with Crippen molar-refractivity contribution in [3.63, 3.8) is 0 Å². The lowest BCUT2D eigenvalue weighted by molar-refractivity contribution is -0.117. The molecule has 0 fully saturated rings. The third-order valence-corrected chi connectivity index (χ3v) is 2.71. The summed E-state index contributed by atoms with van der Waals surface area (Å²) in [5.41, 5.74) is 16.8. The van der Waals surface area contributed by atoms with Gasteiger partial charge in [-0.15, -0.1) is 0 Å². The maximum Gasteiger partial charge on any atom is 0.236 e. The summed E-state index contributed by atoms with van der Waals surface area (Å²) in [5.74, 6) is -1.23. The summed E-state index contributed by atoms with van der Waals surface area (Å²) in [6.45, 7) is -0.391. The van der Waals surface area contributed by atoms with Crippen molar-refractivity contribution in [2.24, 2.45) is 17.2 Å². The van der Waals surface area contributed by atoms with Crippen LogP contribution in [0.25, 0.3) is 0 Å². The molecule has 6 N–H and O–H groups in total. The van der Waals surface area contributed by atoms with Crippen LogP contribution in [0.1, 0.15) is 5.56 Å². The molecule has 0 heterocycles. The summed E-state index contributed by atoms with van der Waals surface area (Å²) in [5, 5.41) is 0.411. The highest BCUT2D eigenvalue weighted by molar-refractivity contribution is 7.80. The van der Waals surface area contributed by atoms with Gasteiger partial charge < -0.3 is 22.1 Å². The van der Waals surface area contributed by atoms with E-state index >= 15 is 0 Å². The molecule has 0 saturated carbocycles. The van der Waals surface area contributed by atoms with Crippen LogP contribution in [-0.2, 0) is 9.59 Å². The summed E-state index contributed by atoms with van der Waals surface area (Å²) in [7, 11) is 0. The van der Waals surface area contributed by atoms with Crippen LogP contribution in [0.3, 0.4) is 0 Å². The number of thiocarbonyl (C=S) groups is 1. The topological polar surface area (TPSA) is 115 Å². The molecule has 0 radical (unpaired) electrons. The number of halogens is 1. The quantitative estimate of drug-likeness (QED) is 0.627. The molecule has 1 aromatic carbocycles. The average molecular weight is 301 g/mol. The summed E-state index contributed by atoms with van der Waals surface area (Å²) >= 11 is 10.8. The Morgan fingerprint density at radius 2 is 1.68 bits per heavy atom. The molecule has 0 bridgehead atoms. The number of primary amides is 2. The number of carbonyl (C=O) groups excluding carboxylic acids is 2. The normalized spacial score (nSPS) is 9.95. The first-order valence-corrected chi connectivity index (χ1v) is 6.00. The van der Waals surface area contributed by atoms with E-state index in [-0.39, 0.29) is 18.1 Å². The van der Waals surface area contributed by atoms with E-state index in [1.165, 1.54) is 4.90 Å². The van der Waals surface area contributed by atoms with Gasteiger partial charge in [0.25, 0.3) is 0 Å². The fourth-order valence-corrected chi connectivity index (χ4v) is 1.92. The molecule has 1 aromatic rings. The monoisotopic (exact) mass is 300 g/mol. The van der Waals surface area contributed by atoms with Gasteiger partial charge in [-0.1, -0.05) is 23.8 Å². The summed E-state index contributed by atoms with van der Waals surface area (Å²) in [4.78, 5) is 23.6. The van der Waals surface area contributed by atoms with Crippen molar-refractivity contribution >= 4 is 46.3 Å². The van der Waals surface area contributed by atoms with E-state index < -0.39 is 11.8 Å². The minimum atomic E-state index is -0.616. The van der Waals surface area contributed by atoms with Gasteiger partial charge in [-0.05, 0) is 18.2 Å². The van der Waals surface area contributed by atoms with E-state index in [0.29, 0.717) is 16.3 Å². The van der Waals surface area contributed by atoms with E-state index in [0.717, 1.165) is 0 Å². The van der Waals surface area contributed by atoms with Crippen LogP contribution in [0, 0.1) is 0 Å². The Hall–Kier alpha value is -1.86. The first-order chi connectivity index (χ1) is 8.81. The molecule has 6 nitrogen and oxygen atoms in total. The van der Waals surface area contributed by atoms with E-state index in [9.17, 15) is 9.59 Å². The standard InChI is InChI=1S/C11H13ClN4O2S/c12-6-1-2-7(11(15)19)8(3-6)16(4-9(13)17)5-10(14)18/h1-3H,4-5H2,(H2,13,17)(H2,14,18)(H2,15,19). The van der Waals surface area contributed by atoms with Gasteiger partial charge in [0.1, 0.15) is 4.99 Å². The smallest absolute Gasteiger partial charge is 0.236 e. The third kappa shape index (κ3) is 4.38. The molecule has 0 aromatic heterocycles. The Bertz CT molecular complexity index is 519. The van der Waals surface area contributed by atoms with E-state index in [1.807, 2.05) is 0 Å². The van der Waals surface area contributed by atoms with Gasteiger partial charge in [-0.25, -0.2) is 0 Å². The Kier molecular flexibility index (Phi) is 5.08. The molecular weight excluding hydrogens is 288 g/mol. The van der Waals surface area contributed by atoms with Gasteiger partial charge in [-0.2, -0.15) is 0 Å². The Labute approximate surface area is 120 Å². The Morgan fingerprint density at radius 1 is 1.16 bits per heavy atom. The fourth-order valence-electron chi connectivity index (χ4n) is 1.58. The minimum absolute atomic E-state index is 0.116. The third-order valence-electron chi connectivity index (χ3n) is 2.26. The number of rotatable bonds is 6. The molecule has 0 unspecified atom stereocenters. The zero-order valence-electron chi connectivity index (χ0n) is 9.93. The largest absolute Gasteiger partial charge is 0.389 e. The summed E-state index contributed by atoms with van der Waals surface area (Å²) < 4.78 is 0. The van der Waals surface area contributed by atoms with Crippen LogP contribution in [0.4, 0.5) is 5.69 Å². The Morgan fingerprint density at radius 3 is 2.11 bits per heavy atom. The highest BCUT2D eigenvalue weighted by Gasteiger charge is 2.17. The lowest BCUT2D eigenvalue weighted by atomic mass is 10.1. The lowest BCUT2D eigenvalue weighted by Crippen LogP contribution is -2.40. The lowest BCUT2D eigenvalue weighted by Gasteiger charge is -2.24. The van der Waals surface area contributed by atoms with Crippen LogP contribution in [-0.4, -0.2) is 29.9 Å². The van der Waals surface area contributed by atoms with Gasteiger partial charge in [0.2, 0.25) is 11.8 Å². The van der Waals surface area contributed by atoms with Gasteiger partial charge in [0.15, 0.2) is 0 Å². The number of benzene rings is 1. The van der Waals surface area contributed by atoms with Crippen LogP contribution in [0.5, 0.6) is 0 Å². The predicted molar refractivity (Wildman–Crippen MR) is 77.9 cm³/mol. The van der Waals surface area contributed by atoms with Crippen LogP contribution < -0.4 is 22.1 Å². The second-order valence-corrected chi connectivity index (χ2v) is 4.69. The van der Waals surface area contributed by atoms with Gasteiger partial charge in [0.05, 0.1) is 13.1 Å². The molecule has 1 rings (SSSR count). The number of anilines is 1. The molecule has 19 heavy (non-hydrogen) atoms. The molecular formula is C11H13ClN4O2S. The number of nitrogens with zero attached hydrogens (tertiary/aromatic N) is 1. The molecule has 0 atom stereocenters. The Balaban J connectivity index is 3.26. The maximum absolute atomic E-state index is 11.1. The van der Waals surface area contributed by atoms with Crippen LogP contribution in [0.2, 0.25) is 5.02 Å². The second-order valence-electron chi connectivity index (χ2n) is 3.81. The summed E-state index contributed by atoms with van der Waals surface area (Å²) in [6, 6.07) is 4.75.